The van der Waals surface area contributed by atoms with Crippen LogP contribution in [0.15, 0.2) is 23.4 Å². The van der Waals surface area contributed by atoms with Crippen LogP contribution >= 0.6 is 0 Å². The molecule has 1 heterocycles. The van der Waals surface area contributed by atoms with Gasteiger partial charge in [0.2, 0.25) is 0 Å². The van der Waals surface area contributed by atoms with Crippen molar-refractivity contribution in [2.24, 2.45) is 10.9 Å². The standard InChI is InChI=1S/C15H19F2N3O2/c16-12-6-5-11(9-13(12)17)15(18)19-22-10-14(21)20-7-3-1-2-4-8-20/h5-6,9H,1-4,7-8,10H2,(H2,18,19). The Bertz CT molecular complexity index is 556. The summed E-state index contributed by atoms with van der Waals surface area (Å²) in [4.78, 5) is 18.6. The number of halogens is 2. The molecule has 0 aromatic heterocycles. The fourth-order valence-electron chi connectivity index (χ4n) is 2.28. The Morgan fingerprint density at radius 3 is 2.50 bits per heavy atom. The maximum atomic E-state index is 13.1. The summed E-state index contributed by atoms with van der Waals surface area (Å²) in [5, 5.41) is 3.58. The van der Waals surface area contributed by atoms with Gasteiger partial charge in [-0.3, -0.25) is 4.79 Å². The highest BCUT2D eigenvalue weighted by atomic mass is 19.2. The van der Waals surface area contributed by atoms with Gasteiger partial charge in [-0.15, -0.1) is 0 Å². The third-order valence-corrected chi connectivity index (χ3v) is 3.53. The first kappa shape index (κ1) is 16.2. The van der Waals surface area contributed by atoms with Crippen molar-refractivity contribution in [2.45, 2.75) is 25.7 Å². The Morgan fingerprint density at radius 1 is 1.18 bits per heavy atom. The van der Waals surface area contributed by atoms with E-state index in [0.29, 0.717) is 0 Å². The summed E-state index contributed by atoms with van der Waals surface area (Å²) in [5.74, 6) is -2.24. The molecule has 0 spiro atoms. The SMILES string of the molecule is N/C(=N\OCC(=O)N1CCCCCC1)c1ccc(F)c(F)c1. The lowest BCUT2D eigenvalue weighted by Crippen LogP contribution is -2.34. The molecule has 1 saturated heterocycles. The van der Waals surface area contributed by atoms with Gasteiger partial charge < -0.3 is 15.5 Å². The van der Waals surface area contributed by atoms with Crippen LogP contribution in [0.5, 0.6) is 0 Å². The molecule has 0 unspecified atom stereocenters. The first-order chi connectivity index (χ1) is 10.6. The van der Waals surface area contributed by atoms with Crippen LogP contribution < -0.4 is 5.73 Å². The van der Waals surface area contributed by atoms with Crippen molar-refractivity contribution in [2.75, 3.05) is 19.7 Å². The van der Waals surface area contributed by atoms with Crippen molar-refractivity contribution < 1.29 is 18.4 Å². The molecule has 7 heteroatoms. The molecule has 1 aromatic rings. The topological polar surface area (TPSA) is 67.9 Å². The van der Waals surface area contributed by atoms with E-state index in [9.17, 15) is 13.6 Å². The molecule has 2 N–H and O–H groups in total. The first-order valence-electron chi connectivity index (χ1n) is 7.26. The van der Waals surface area contributed by atoms with E-state index in [1.165, 1.54) is 6.07 Å². The van der Waals surface area contributed by atoms with Gasteiger partial charge in [-0.1, -0.05) is 18.0 Å². The monoisotopic (exact) mass is 311 g/mol. The highest BCUT2D eigenvalue weighted by molar-refractivity contribution is 5.97. The second kappa shape index (κ2) is 7.72. The van der Waals surface area contributed by atoms with Crippen LogP contribution in [0.3, 0.4) is 0 Å². The summed E-state index contributed by atoms with van der Waals surface area (Å²) < 4.78 is 25.9. The molecule has 1 amide bonds. The Balaban J connectivity index is 1.87. The Morgan fingerprint density at radius 2 is 1.86 bits per heavy atom. The summed E-state index contributed by atoms with van der Waals surface area (Å²) >= 11 is 0. The van der Waals surface area contributed by atoms with E-state index in [2.05, 4.69) is 5.16 Å². The van der Waals surface area contributed by atoms with Crippen LogP contribution in [0.4, 0.5) is 8.78 Å². The number of oxime groups is 1. The molecule has 0 radical (unpaired) electrons. The average Bonchev–Trinajstić information content (AvgIpc) is 2.79. The third kappa shape index (κ3) is 4.41. The van der Waals surface area contributed by atoms with E-state index in [1.54, 1.807) is 4.90 Å². The van der Waals surface area contributed by atoms with Crippen LogP contribution in [0, 0.1) is 11.6 Å². The predicted octanol–water partition coefficient (Wildman–Crippen LogP) is 2.00. The highest BCUT2D eigenvalue weighted by Crippen LogP contribution is 2.10. The van der Waals surface area contributed by atoms with E-state index < -0.39 is 11.6 Å². The minimum atomic E-state index is -1.02. The van der Waals surface area contributed by atoms with E-state index in [1.807, 2.05) is 0 Å². The van der Waals surface area contributed by atoms with Crippen molar-refractivity contribution in [3.05, 3.63) is 35.4 Å². The number of carbonyl (C=O) groups excluding carboxylic acids is 1. The zero-order valence-corrected chi connectivity index (χ0v) is 12.2. The van der Waals surface area contributed by atoms with Crippen molar-refractivity contribution in [1.82, 2.24) is 4.90 Å². The molecule has 0 atom stereocenters. The molecule has 5 nitrogen and oxygen atoms in total. The molecule has 0 aliphatic carbocycles. The molecular formula is C15H19F2N3O2. The fraction of sp³-hybridized carbons (Fsp3) is 0.467. The maximum Gasteiger partial charge on any atom is 0.263 e. The Hall–Kier alpha value is -2.18. The van der Waals surface area contributed by atoms with Gasteiger partial charge in [0.05, 0.1) is 0 Å². The van der Waals surface area contributed by atoms with Crippen LogP contribution in [-0.2, 0) is 9.63 Å². The minimum Gasteiger partial charge on any atom is -0.384 e. The van der Waals surface area contributed by atoms with Gasteiger partial charge in [0.1, 0.15) is 0 Å². The number of hydrogen-bond acceptors (Lipinski definition) is 3. The summed E-state index contributed by atoms with van der Waals surface area (Å²) in [5.41, 5.74) is 5.81. The summed E-state index contributed by atoms with van der Waals surface area (Å²) in [6.45, 7) is 1.24. The zero-order valence-electron chi connectivity index (χ0n) is 12.2. The van der Waals surface area contributed by atoms with Crippen LogP contribution in [0.1, 0.15) is 31.2 Å². The first-order valence-corrected chi connectivity index (χ1v) is 7.26. The van der Waals surface area contributed by atoms with E-state index in [0.717, 1.165) is 50.9 Å². The lowest BCUT2D eigenvalue weighted by Gasteiger charge is -2.19. The second-order valence-electron chi connectivity index (χ2n) is 5.17. The van der Waals surface area contributed by atoms with Crippen LogP contribution in [-0.4, -0.2) is 36.3 Å². The summed E-state index contributed by atoms with van der Waals surface area (Å²) in [7, 11) is 0. The average molecular weight is 311 g/mol. The van der Waals surface area contributed by atoms with Gasteiger partial charge in [-0.25, -0.2) is 8.78 Å². The smallest absolute Gasteiger partial charge is 0.263 e. The maximum absolute atomic E-state index is 13.1. The third-order valence-electron chi connectivity index (χ3n) is 3.53. The molecule has 2 rings (SSSR count). The van der Waals surface area contributed by atoms with Gasteiger partial charge in [0, 0.05) is 18.7 Å². The van der Waals surface area contributed by atoms with E-state index >= 15 is 0 Å². The number of carbonyl (C=O) groups is 1. The molecular weight excluding hydrogens is 292 g/mol. The Kier molecular flexibility index (Phi) is 5.68. The van der Waals surface area contributed by atoms with Gasteiger partial charge in [-0.05, 0) is 31.0 Å². The van der Waals surface area contributed by atoms with Gasteiger partial charge in [0.15, 0.2) is 24.1 Å². The van der Waals surface area contributed by atoms with Crippen LogP contribution in [0.25, 0.3) is 0 Å². The molecule has 0 bridgehead atoms. The quantitative estimate of drug-likeness (QED) is 0.525. The number of amidine groups is 1. The Labute approximate surface area is 127 Å². The minimum absolute atomic E-state index is 0.109. The second-order valence-corrected chi connectivity index (χ2v) is 5.17. The number of hydrogen-bond donors (Lipinski definition) is 1. The summed E-state index contributed by atoms with van der Waals surface area (Å²) in [6, 6.07) is 3.17. The number of nitrogens with zero attached hydrogens (tertiary/aromatic N) is 2. The predicted molar refractivity (Wildman–Crippen MR) is 78.1 cm³/mol. The lowest BCUT2D eigenvalue weighted by atomic mass is 10.2. The molecule has 22 heavy (non-hydrogen) atoms. The highest BCUT2D eigenvalue weighted by Gasteiger charge is 2.15. The van der Waals surface area contributed by atoms with Crippen molar-refractivity contribution in [1.29, 1.82) is 0 Å². The number of nitrogens with two attached hydrogens (primary N) is 1. The number of benzene rings is 1. The number of rotatable bonds is 4. The number of amides is 1. The van der Waals surface area contributed by atoms with Gasteiger partial charge in [-0.2, -0.15) is 0 Å². The van der Waals surface area contributed by atoms with Crippen molar-refractivity contribution in [3.63, 3.8) is 0 Å². The fourth-order valence-corrected chi connectivity index (χ4v) is 2.28. The molecule has 1 aliphatic rings. The largest absolute Gasteiger partial charge is 0.384 e. The van der Waals surface area contributed by atoms with Crippen molar-refractivity contribution >= 4 is 11.7 Å². The van der Waals surface area contributed by atoms with Gasteiger partial charge >= 0.3 is 0 Å². The molecule has 1 aliphatic heterocycles. The molecule has 120 valence electrons. The molecule has 1 aromatic carbocycles. The van der Waals surface area contributed by atoms with Gasteiger partial charge in [0.25, 0.3) is 5.91 Å². The molecule has 0 saturated carbocycles. The number of likely N-dealkylation sites (tertiary alicyclic amines) is 1. The van der Waals surface area contributed by atoms with Crippen molar-refractivity contribution in [3.8, 4) is 0 Å². The zero-order chi connectivity index (χ0) is 15.9. The summed E-state index contributed by atoms with van der Waals surface area (Å²) in [6.07, 6.45) is 4.25. The lowest BCUT2D eigenvalue weighted by molar-refractivity contribution is -0.136. The van der Waals surface area contributed by atoms with E-state index in [-0.39, 0.29) is 23.9 Å². The van der Waals surface area contributed by atoms with Crippen LogP contribution in [0.2, 0.25) is 0 Å². The molecule has 1 fully saturated rings. The normalized spacial score (nSPS) is 16.3. The van der Waals surface area contributed by atoms with E-state index in [4.69, 9.17) is 10.6 Å².